The number of hydrogen-bond donors (Lipinski definition) is 1. The summed E-state index contributed by atoms with van der Waals surface area (Å²) in [5, 5.41) is 0. The van der Waals surface area contributed by atoms with Gasteiger partial charge in [-0.3, -0.25) is 4.90 Å². The zero-order valence-electron chi connectivity index (χ0n) is 13.1. The van der Waals surface area contributed by atoms with E-state index in [1.165, 1.54) is 22.8 Å². The van der Waals surface area contributed by atoms with Crippen molar-refractivity contribution in [2.24, 2.45) is 7.05 Å². The van der Waals surface area contributed by atoms with Gasteiger partial charge < -0.3 is 10.3 Å². The molecule has 0 fully saturated rings. The molecule has 2 heterocycles. The van der Waals surface area contributed by atoms with Crippen molar-refractivity contribution >= 4 is 5.69 Å². The SMILES string of the molecule is CC(C)c1nc2c(n1C)CCN(Cc1cccc(N)c1)C2. The van der Waals surface area contributed by atoms with Crippen molar-refractivity contribution in [3.63, 3.8) is 0 Å². The predicted molar refractivity (Wildman–Crippen MR) is 86.0 cm³/mol. The first-order chi connectivity index (χ1) is 10.0. The van der Waals surface area contributed by atoms with Gasteiger partial charge >= 0.3 is 0 Å². The average Bonchev–Trinajstić information content (AvgIpc) is 2.76. The van der Waals surface area contributed by atoms with Gasteiger partial charge in [-0.1, -0.05) is 26.0 Å². The third-order valence-corrected chi connectivity index (χ3v) is 4.24. The fourth-order valence-electron chi connectivity index (χ4n) is 3.20. The Morgan fingerprint density at radius 3 is 2.86 bits per heavy atom. The second-order valence-electron chi connectivity index (χ2n) is 6.28. The first-order valence-electron chi connectivity index (χ1n) is 7.65. The number of anilines is 1. The van der Waals surface area contributed by atoms with E-state index in [9.17, 15) is 0 Å². The molecule has 2 aromatic rings. The van der Waals surface area contributed by atoms with Crippen molar-refractivity contribution in [1.82, 2.24) is 14.5 Å². The molecule has 0 amide bonds. The van der Waals surface area contributed by atoms with Crippen LogP contribution >= 0.6 is 0 Å². The highest BCUT2D eigenvalue weighted by molar-refractivity contribution is 5.40. The van der Waals surface area contributed by atoms with E-state index in [1.807, 2.05) is 12.1 Å². The standard InChI is InChI=1S/C17H24N4/c1-12(2)17-19-15-11-21(8-7-16(15)20(17)3)10-13-5-4-6-14(18)9-13/h4-6,9,12H,7-8,10-11,18H2,1-3H3. The van der Waals surface area contributed by atoms with Gasteiger partial charge in [-0.25, -0.2) is 4.98 Å². The van der Waals surface area contributed by atoms with Gasteiger partial charge in [-0.2, -0.15) is 0 Å². The minimum atomic E-state index is 0.475. The Bertz CT molecular complexity index is 642. The Morgan fingerprint density at radius 1 is 1.33 bits per heavy atom. The summed E-state index contributed by atoms with van der Waals surface area (Å²) in [6.45, 7) is 7.37. The van der Waals surface area contributed by atoms with Gasteiger partial charge in [0, 0.05) is 50.4 Å². The lowest BCUT2D eigenvalue weighted by Crippen LogP contribution is -2.30. The van der Waals surface area contributed by atoms with Gasteiger partial charge in [0.15, 0.2) is 0 Å². The molecule has 0 unspecified atom stereocenters. The third kappa shape index (κ3) is 2.81. The molecule has 0 spiro atoms. The van der Waals surface area contributed by atoms with Gasteiger partial charge in [0.25, 0.3) is 0 Å². The maximum Gasteiger partial charge on any atom is 0.111 e. The first kappa shape index (κ1) is 14.1. The van der Waals surface area contributed by atoms with Crippen molar-refractivity contribution in [3.05, 3.63) is 47.0 Å². The maximum absolute atomic E-state index is 5.86. The lowest BCUT2D eigenvalue weighted by atomic mass is 10.1. The fourth-order valence-corrected chi connectivity index (χ4v) is 3.20. The molecule has 0 radical (unpaired) electrons. The summed E-state index contributed by atoms with van der Waals surface area (Å²) in [7, 11) is 2.15. The van der Waals surface area contributed by atoms with Crippen LogP contribution in [0.3, 0.4) is 0 Å². The molecule has 4 heteroatoms. The van der Waals surface area contributed by atoms with Gasteiger partial charge in [0.05, 0.1) is 5.69 Å². The van der Waals surface area contributed by atoms with Crippen molar-refractivity contribution < 1.29 is 0 Å². The maximum atomic E-state index is 5.86. The van der Waals surface area contributed by atoms with Crippen molar-refractivity contribution in [2.75, 3.05) is 12.3 Å². The highest BCUT2D eigenvalue weighted by Gasteiger charge is 2.23. The average molecular weight is 284 g/mol. The normalized spacial score (nSPS) is 15.4. The molecule has 0 atom stereocenters. The van der Waals surface area contributed by atoms with E-state index < -0.39 is 0 Å². The molecule has 1 aliphatic rings. The monoisotopic (exact) mass is 284 g/mol. The van der Waals surface area contributed by atoms with Gasteiger partial charge in [0.2, 0.25) is 0 Å². The number of hydrogen-bond acceptors (Lipinski definition) is 3. The van der Waals surface area contributed by atoms with Crippen LogP contribution in [0.15, 0.2) is 24.3 Å². The molecule has 0 bridgehead atoms. The summed E-state index contributed by atoms with van der Waals surface area (Å²) >= 11 is 0. The predicted octanol–water partition coefficient (Wildman–Crippen LogP) is 2.68. The van der Waals surface area contributed by atoms with Crippen LogP contribution in [0.4, 0.5) is 5.69 Å². The van der Waals surface area contributed by atoms with Crippen LogP contribution in [0.5, 0.6) is 0 Å². The molecule has 1 aromatic heterocycles. The summed E-state index contributed by atoms with van der Waals surface area (Å²) in [6.07, 6.45) is 1.08. The van der Waals surface area contributed by atoms with E-state index >= 15 is 0 Å². The Labute approximate surface area is 126 Å². The molecule has 0 saturated carbocycles. The quantitative estimate of drug-likeness (QED) is 0.882. The Balaban J connectivity index is 1.77. The highest BCUT2D eigenvalue weighted by Crippen LogP contribution is 2.24. The van der Waals surface area contributed by atoms with Crippen LogP contribution in [0, 0.1) is 0 Å². The van der Waals surface area contributed by atoms with Gasteiger partial charge in [-0.05, 0) is 17.7 Å². The summed E-state index contributed by atoms with van der Waals surface area (Å²) in [6, 6.07) is 8.17. The van der Waals surface area contributed by atoms with E-state index in [2.05, 4.69) is 42.5 Å². The molecule has 1 aliphatic heterocycles. The summed E-state index contributed by atoms with van der Waals surface area (Å²) < 4.78 is 2.29. The van der Waals surface area contributed by atoms with Crippen LogP contribution in [0.25, 0.3) is 0 Å². The van der Waals surface area contributed by atoms with E-state index in [-0.39, 0.29) is 0 Å². The zero-order valence-corrected chi connectivity index (χ0v) is 13.1. The fraction of sp³-hybridized carbons (Fsp3) is 0.471. The third-order valence-electron chi connectivity index (χ3n) is 4.24. The Morgan fingerprint density at radius 2 is 2.14 bits per heavy atom. The molecule has 1 aromatic carbocycles. The lowest BCUT2D eigenvalue weighted by Gasteiger charge is -2.26. The van der Waals surface area contributed by atoms with Crippen LogP contribution < -0.4 is 5.73 Å². The number of aromatic nitrogens is 2. The molecule has 112 valence electrons. The van der Waals surface area contributed by atoms with Crippen molar-refractivity contribution in [3.8, 4) is 0 Å². The Kier molecular flexibility index (Phi) is 3.72. The zero-order chi connectivity index (χ0) is 15.0. The number of nitrogen functional groups attached to an aromatic ring is 1. The van der Waals surface area contributed by atoms with E-state index in [0.717, 1.165) is 31.7 Å². The topological polar surface area (TPSA) is 47.1 Å². The number of nitrogens with two attached hydrogens (primary N) is 1. The minimum absolute atomic E-state index is 0.475. The molecular weight excluding hydrogens is 260 g/mol. The molecule has 2 N–H and O–H groups in total. The molecule has 3 rings (SSSR count). The lowest BCUT2D eigenvalue weighted by molar-refractivity contribution is 0.240. The van der Waals surface area contributed by atoms with Crippen molar-refractivity contribution in [2.45, 2.75) is 39.3 Å². The largest absolute Gasteiger partial charge is 0.399 e. The first-order valence-corrected chi connectivity index (χ1v) is 7.65. The molecule has 21 heavy (non-hydrogen) atoms. The van der Waals surface area contributed by atoms with E-state index in [0.29, 0.717) is 5.92 Å². The van der Waals surface area contributed by atoms with Crippen molar-refractivity contribution in [1.29, 1.82) is 0 Å². The van der Waals surface area contributed by atoms with Crippen LogP contribution in [0.2, 0.25) is 0 Å². The summed E-state index contributed by atoms with van der Waals surface area (Å²) in [4.78, 5) is 7.31. The second kappa shape index (κ2) is 5.53. The molecular formula is C17H24N4. The summed E-state index contributed by atoms with van der Waals surface area (Å²) in [5.41, 5.74) is 10.6. The molecule has 0 saturated heterocycles. The summed E-state index contributed by atoms with van der Waals surface area (Å²) in [5.74, 6) is 1.67. The van der Waals surface area contributed by atoms with Crippen LogP contribution in [-0.4, -0.2) is 21.0 Å². The number of rotatable bonds is 3. The molecule has 4 nitrogen and oxygen atoms in total. The van der Waals surface area contributed by atoms with Crippen LogP contribution in [-0.2, 0) is 26.6 Å². The van der Waals surface area contributed by atoms with Crippen LogP contribution in [0.1, 0.15) is 42.5 Å². The minimum Gasteiger partial charge on any atom is -0.399 e. The van der Waals surface area contributed by atoms with Gasteiger partial charge in [0.1, 0.15) is 5.82 Å². The Hall–Kier alpha value is -1.81. The second-order valence-corrected chi connectivity index (χ2v) is 6.28. The number of fused-ring (bicyclic) bond motifs is 1. The highest BCUT2D eigenvalue weighted by atomic mass is 15.2. The number of imidazole rings is 1. The van der Waals surface area contributed by atoms with E-state index in [4.69, 9.17) is 10.7 Å². The van der Waals surface area contributed by atoms with Gasteiger partial charge in [-0.15, -0.1) is 0 Å². The number of benzene rings is 1. The molecule has 0 aliphatic carbocycles. The number of nitrogens with zero attached hydrogens (tertiary/aromatic N) is 3. The smallest absolute Gasteiger partial charge is 0.111 e. The van der Waals surface area contributed by atoms with E-state index in [1.54, 1.807) is 0 Å².